The molecule has 0 unspecified atom stereocenters. The predicted octanol–water partition coefficient (Wildman–Crippen LogP) is 0.236. The number of aromatic nitrogens is 2. The molecule has 7 heteroatoms. The van der Waals surface area contributed by atoms with Gasteiger partial charge in [0.15, 0.2) is 0 Å². The Balaban J connectivity index is 1.45. The SMILES string of the molecule is CN(c1ccncn1)C1CCN(CC(=O)N2CCOCC2)CC1. The molecule has 2 aliphatic heterocycles. The molecule has 1 amide bonds. The molecule has 0 atom stereocenters. The number of hydrogen-bond acceptors (Lipinski definition) is 6. The van der Waals surface area contributed by atoms with Gasteiger partial charge in [0.2, 0.25) is 5.91 Å². The van der Waals surface area contributed by atoms with E-state index in [4.69, 9.17) is 4.74 Å². The van der Waals surface area contributed by atoms with Crippen LogP contribution in [0.4, 0.5) is 5.82 Å². The molecule has 23 heavy (non-hydrogen) atoms. The standard InChI is InChI=1S/C16H25N5O2/c1-19(15-2-5-17-13-18-15)14-3-6-20(7-4-14)12-16(22)21-8-10-23-11-9-21/h2,5,13-14H,3-4,6-12H2,1H3. The van der Waals surface area contributed by atoms with Crippen molar-refractivity contribution in [2.45, 2.75) is 18.9 Å². The van der Waals surface area contributed by atoms with Crippen LogP contribution in [0.1, 0.15) is 12.8 Å². The van der Waals surface area contributed by atoms with E-state index in [-0.39, 0.29) is 5.91 Å². The van der Waals surface area contributed by atoms with Crippen molar-refractivity contribution in [1.82, 2.24) is 19.8 Å². The number of ether oxygens (including phenoxy) is 1. The van der Waals surface area contributed by atoms with Crippen molar-refractivity contribution in [2.24, 2.45) is 0 Å². The number of carbonyl (C=O) groups is 1. The van der Waals surface area contributed by atoms with Crippen molar-refractivity contribution in [2.75, 3.05) is 57.9 Å². The average Bonchev–Trinajstić information content (AvgIpc) is 2.63. The molecule has 0 spiro atoms. The molecule has 1 aromatic rings. The molecule has 1 aromatic heterocycles. The maximum absolute atomic E-state index is 12.3. The molecule has 3 heterocycles. The summed E-state index contributed by atoms with van der Waals surface area (Å²) in [5.41, 5.74) is 0. The first-order chi connectivity index (χ1) is 11.2. The predicted molar refractivity (Wildman–Crippen MR) is 87.3 cm³/mol. The van der Waals surface area contributed by atoms with Crippen LogP contribution in [0.25, 0.3) is 0 Å². The van der Waals surface area contributed by atoms with E-state index < -0.39 is 0 Å². The zero-order valence-electron chi connectivity index (χ0n) is 13.7. The van der Waals surface area contributed by atoms with Gasteiger partial charge in [0.05, 0.1) is 19.8 Å². The van der Waals surface area contributed by atoms with Crippen LogP contribution in [0.3, 0.4) is 0 Å². The Morgan fingerprint density at radius 3 is 2.70 bits per heavy atom. The second-order valence-electron chi connectivity index (χ2n) is 6.18. The highest BCUT2D eigenvalue weighted by molar-refractivity contribution is 5.78. The lowest BCUT2D eigenvalue weighted by atomic mass is 10.0. The van der Waals surface area contributed by atoms with Gasteiger partial charge >= 0.3 is 0 Å². The fourth-order valence-corrected chi connectivity index (χ4v) is 3.25. The van der Waals surface area contributed by atoms with Gasteiger partial charge in [-0.15, -0.1) is 0 Å². The monoisotopic (exact) mass is 319 g/mol. The minimum atomic E-state index is 0.232. The van der Waals surface area contributed by atoms with Gasteiger partial charge in [-0.05, 0) is 18.9 Å². The van der Waals surface area contributed by atoms with Crippen molar-refractivity contribution in [3.8, 4) is 0 Å². The van der Waals surface area contributed by atoms with Crippen LogP contribution in [0.5, 0.6) is 0 Å². The van der Waals surface area contributed by atoms with Gasteiger partial charge in [0, 0.05) is 45.5 Å². The summed E-state index contributed by atoms with van der Waals surface area (Å²) in [4.78, 5) is 27.0. The normalized spacial score (nSPS) is 20.5. The molecule has 0 radical (unpaired) electrons. The van der Waals surface area contributed by atoms with Gasteiger partial charge in [-0.3, -0.25) is 9.69 Å². The van der Waals surface area contributed by atoms with Gasteiger partial charge in [0.1, 0.15) is 12.1 Å². The minimum absolute atomic E-state index is 0.232. The molecule has 2 saturated heterocycles. The van der Waals surface area contributed by atoms with Gasteiger partial charge in [-0.1, -0.05) is 0 Å². The largest absolute Gasteiger partial charge is 0.378 e. The molecule has 0 saturated carbocycles. The Morgan fingerprint density at radius 2 is 2.04 bits per heavy atom. The zero-order valence-corrected chi connectivity index (χ0v) is 13.7. The lowest BCUT2D eigenvalue weighted by Gasteiger charge is -2.37. The number of rotatable bonds is 4. The molecule has 3 rings (SSSR count). The number of piperidine rings is 1. The first kappa shape index (κ1) is 16.1. The third-order valence-electron chi connectivity index (χ3n) is 4.76. The van der Waals surface area contributed by atoms with E-state index in [9.17, 15) is 4.79 Å². The molecule has 0 aromatic carbocycles. The Labute approximate surface area is 137 Å². The maximum atomic E-state index is 12.3. The molecule has 2 aliphatic rings. The zero-order chi connectivity index (χ0) is 16.1. The average molecular weight is 319 g/mol. The Kier molecular flexibility index (Phi) is 5.40. The van der Waals surface area contributed by atoms with Crippen LogP contribution >= 0.6 is 0 Å². The van der Waals surface area contributed by atoms with E-state index in [1.807, 2.05) is 11.0 Å². The van der Waals surface area contributed by atoms with Gasteiger partial charge in [0.25, 0.3) is 0 Å². The third-order valence-corrected chi connectivity index (χ3v) is 4.76. The summed E-state index contributed by atoms with van der Waals surface area (Å²) in [5, 5.41) is 0. The van der Waals surface area contributed by atoms with Crippen molar-refractivity contribution in [3.05, 3.63) is 18.6 Å². The summed E-state index contributed by atoms with van der Waals surface area (Å²) < 4.78 is 5.30. The molecule has 7 nitrogen and oxygen atoms in total. The van der Waals surface area contributed by atoms with Crippen LogP contribution in [0.15, 0.2) is 18.6 Å². The van der Waals surface area contributed by atoms with E-state index in [0.717, 1.165) is 44.8 Å². The highest BCUT2D eigenvalue weighted by Gasteiger charge is 2.26. The number of morpholine rings is 1. The Morgan fingerprint density at radius 1 is 1.30 bits per heavy atom. The van der Waals surface area contributed by atoms with Crippen LogP contribution in [-0.2, 0) is 9.53 Å². The van der Waals surface area contributed by atoms with Crippen LogP contribution in [-0.4, -0.2) is 84.7 Å². The number of likely N-dealkylation sites (tertiary alicyclic amines) is 1. The highest BCUT2D eigenvalue weighted by atomic mass is 16.5. The number of hydrogen-bond donors (Lipinski definition) is 0. The number of carbonyl (C=O) groups excluding carboxylic acids is 1. The Hall–Kier alpha value is -1.73. The van der Waals surface area contributed by atoms with Crippen molar-refractivity contribution in [1.29, 1.82) is 0 Å². The highest BCUT2D eigenvalue weighted by Crippen LogP contribution is 2.19. The lowest BCUT2D eigenvalue weighted by Crippen LogP contribution is -2.49. The first-order valence-electron chi connectivity index (χ1n) is 8.31. The summed E-state index contributed by atoms with van der Waals surface area (Å²) in [7, 11) is 2.08. The molecule has 0 aliphatic carbocycles. The van der Waals surface area contributed by atoms with E-state index in [0.29, 0.717) is 25.8 Å². The first-order valence-corrected chi connectivity index (χ1v) is 8.31. The number of nitrogens with zero attached hydrogens (tertiary/aromatic N) is 5. The molecular weight excluding hydrogens is 294 g/mol. The number of anilines is 1. The van der Waals surface area contributed by atoms with Crippen molar-refractivity contribution < 1.29 is 9.53 Å². The summed E-state index contributed by atoms with van der Waals surface area (Å²) in [5.74, 6) is 1.19. The summed E-state index contributed by atoms with van der Waals surface area (Å²) >= 11 is 0. The Bertz CT molecular complexity index is 498. The molecule has 0 N–H and O–H groups in total. The second-order valence-corrected chi connectivity index (χ2v) is 6.18. The lowest BCUT2D eigenvalue weighted by molar-refractivity contribution is -0.136. The minimum Gasteiger partial charge on any atom is -0.378 e. The summed E-state index contributed by atoms with van der Waals surface area (Å²) in [6.45, 7) is 5.23. The van der Waals surface area contributed by atoms with Crippen LogP contribution in [0, 0.1) is 0 Å². The quantitative estimate of drug-likeness (QED) is 0.792. The van der Waals surface area contributed by atoms with E-state index in [1.54, 1.807) is 12.5 Å². The van der Waals surface area contributed by atoms with Crippen molar-refractivity contribution >= 4 is 11.7 Å². The van der Waals surface area contributed by atoms with Crippen LogP contribution < -0.4 is 4.90 Å². The van der Waals surface area contributed by atoms with Gasteiger partial charge in [-0.2, -0.15) is 0 Å². The van der Waals surface area contributed by atoms with Gasteiger partial charge < -0.3 is 14.5 Å². The smallest absolute Gasteiger partial charge is 0.236 e. The molecular formula is C16H25N5O2. The van der Waals surface area contributed by atoms with Crippen LogP contribution in [0.2, 0.25) is 0 Å². The third kappa shape index (κ3) is 4.17. The summed E-state index contributed by atoms with van der Waals surface area (Å²) in [6.07, 6.45) is 5.46. The molecule has 0 bridgehead atoms. The topological polar surface area (TPSA) is 61.8 Å². The fraction of sp³-hybridized carbons (Fsp3) is 0.688. The van der Waals surface area contributed by atoms with Gasteiger partial charge in [-0.25, -0.2) is 9.97 Å². The van der Waals surface area contributed by atoms with E-state index in [1.165, 1.54) is 0 Å². The maximum Gasteiger partial charge on any atom is 0.236 e. The number of amides is 1. The van der Waals surface area contributed by atoms with Crippen molar-refractivity contribution in [3.63, 3.8) is 0 Å². The van der Waals surface area contributed by atoms with E-state index in [2.05, 4.69) is 26.8 Å². The fourth-order valence-electron chi connectivity index (χ4n) is 3.25. The second kappa shape index (κ2) is 7.70. The van der Waals surface area contributed by atoms with E-state index >= 15 is 0 Å². The summed E-state index contributed by atoms with van der Waals surface area (Å²) in [6, 6.07) is 2.41. The molecule has 2 fully saturated rings. The molecule has 126 valence electrons.